The molecule has 4 nitrogen and oxygen atoms in total. The topological polar surface area (TPSA) is 65.5 Å². The van der Waals surface area contributed by atoms with Crippen LogP contribution in [0.3, 0.4) is 0 Å². The van der Waals surface area contributed by atoms with Crippen molar-refractivity contribution in [1.82, 2.24) is 0 Å². The predicted octanol–water partition coefficient (Wildman–Crippen LogP) is 2.82. The Kier molecular flexibility index (Phi) is 3.62. The van der Waals surface area contributed by atoms with Crippen LogP contribution in [0.2, 0.25) is 0 Å². The summed E-state index contributed by atoms with van der Waals surface area (Å²) < 4.78 is 10.3. The fourth-order valence-corrected chi connectivity index (χ4v) is 2.29. The van der Waals surface area contributed by atoms with E-state index in [2.05, 4.69) is 0 Å². The molecule has 0 fully saturated rings. The van der Waals surface area contributed by atoms with Crippen molar-refractivity contribution in [2.45, 2.75) is 31.7 Å². The van der Waals surface area contributed by atoms with E-state index in [9.17, 15) is 4.79 Å². The van der Waals surface area contributed by atoms with Crippen LogP contribution in [0.4, 0.5) is 0 Å². The van der Waals surface area contributed by atoms with Gasteiger partial charge >= 0.3 is 5.97 Å². The van der Waals surface area contributed by atoms with Gasteiger partial charge in [0.1, 0.15) is 5.58 Å². The van der Waals surface area contributed by atoms with Crippen molar-refractivity contribution in [3.05, 3.63) is 36.1 Å². The average molecular weight is 261 g/mol. The minimum atomic E-state index is -0.541. The van der Waals surface area contributed by atoms with Gasteiger partial charge in [-0.05, 0) is 19.9 Å². The van der Waals surface area contributed by atoms with E-state index in [1.807, 2.05) is 38.1 Å². The third-order valence-electron chi connectivity index (χ3n) is 3.38. The summed E-state index contributed by atoms with van der Waals surface area (Å²) in [7, 11) is 1.39. The van der Waals surface area contributed by atoms with Crippen LogP contribution < -0.4 is 5.73 Å². The van der Waals surface area contributed by atoms with Gasteiger partial charge in [0.05, 0.1) is 19.8 Å². The summed E-state index contributed by atoms with van der Waals surface area (Å²) in [6.07, 6.45) is 1.93. The lowest BCUT2D eigenvalue weighted by atomic mass is 9.80. The number of carbonyl (C=O) groups is 1. The first-order chi connectivity index (χ1) is 8.93. The molecule has 1 aromatic carbocycles. The molecule has 0 aliphatic rings. The number of methoxy groups -OCH3 is 1. The van der Waals surface area contributed by atoms with Gasteiger partial charge < -0.3 is 14.9 Å². The molecule has 2 aromatic rings. The molecular weight excluding hydrogens is 242 g/mol. The van der Waals surface area contributed by atoms with E-state index in [4.69, 9.17) is 14.9 Å². The van der Waals surface area contributed by atoms with Gasteiger partial charge in [-0.15, -0.1) is 0 Å². The molecule has 2 N–H and O–H groups in total. The SMILES string of the molecule is COC(=O)CC(c1coc2ccccc12)C(C)(C)N. The maximum atomic E-state index is 11.6. The van der Waals surface area contributed by atoms with Crippen LogP contribution in [0, 0.1) is 0 Å². The second-order valence-electron chi connectivity index (χ2n) is 5.34. The van der Waals surface area contributed by atoms with E-state index >= 15 is 0 Å². The van der Waals surface area contributed by atoms with Gasteiger partial charge in [0.15, 0.2) is 0 Å². The lowest BCUT2D eigenvalue weighted by Crippen LogP contribution is -2.40. The van der Waals surface area contributed by atoms with Gasteiger partial charge in [0, 0.05) is 22.4 Å². The van der Waals surface area contributed by atoms with Gasteiger partial charge in [-0.1, -0.05) is 18.2 Å². The molecule has 4 heteroatoms. The zero-order valence-electron chi connectivity index (χ0n) is 11.5. The van der Waals surface area contributed by atoms with E-state index in [1.54, 1.807) is 6.26 Å². The number of hydrogen-bond donors (Lipinski definition) is 1. The molecule has 0 aliphatic carbocycles. The van der Waals surface area contributed by atoms with Crippen molar-refractivity contribution < 1.29 is 13.9 Å². The maximum Gasteiger partial charge on any atom is 0.306 e. The number of hydrogen-bond acceptors (Lipinski definition) is 4. The van der Waals surface area contributed by atoms with Gasteiger partial charge in [-0.3, -0.25) is 4.79 Å². The Bertz CT molecular complexity index is 580. The summed E-state index contributed by atoms with van der Waals surface area (Å²) in [5.74, 6) is -0.419. The first kappa shape index (κ1) is 13.6. The summed E-state index contributed by atoms with van der Waals surface area (Å²) in [6, 6.07) is 7.74. The number of fused-ring (bicyclic) bond motifs is 1. The molecular formula is C15H19NO3. The summed E-state index contributed by atoms with van der Waals surface area (Å²) >= 11 is 0. The Hall–Kier alpha value is -1.81. The van der Waals surface area contributed by atoms with Crippen LogP contribution in [-0.4, -0.2) is 18.6 Å². The van der Waals surface area contributed by atoms with Gasteiger partial charge in [-0.25, -0.2) is 0 Å². The highest BCUT2D eigenvalue weighted by Gasteiger charge is 2.31. The molecule has 2 rings (SSSR count). The molecule has 19 heavy (non-hydrogen) atoms. The van der Waals surface area contributed by atoms with Crippen LogP contribution in [-0.2, 0) is 9.53 Å². The molecule has 0 aliphatic heterocycles. The number of carbonyl (C=O) groups excluding carboxylic acids is 1. The number of benzene rings is 1. The molecule has 0 saturated heterocycles. The number of furan rings is 1. The zero-order valence-corrected chi connectivity index (χ0v) is 11.5. The van der Waals surface area contributed by atoms with Crippen LogP contribution in [0.5, 0.6) is 0 Å². The largest absolute Gasteiger partial charge is 0.469 e. The number of ether oxygens (including phenoxy) is 1. The maximum absolute atomic E-state index is 11.6. The van der Waals surface area contributed by atoms with Crippen molar-refractivity contribution in [1.29, 1.82) is 0 Å². The summed E-state index contributed by atoms with van der Waals surface area (Å²) in [5.41, 5.74) is 7.43. The zero-order chi connectivity index (χ0) is 14.0. The number of esters is 1. The normalized spacial score (nSPS) is 13.5. The second-order valence-corrected chi connectivity index (χ2v) is 5.34. The van der Waals surface area contributed by atoms with Crippen LogP contribution >= 0.6 is 0 Å². The minimum Gasteiger partial charge on any atom is -0.469 e. The molecule has 0 saturated carbocycles. The summed E-state index contributed by atoms with van der Waals surface area (Å²) in [5, 5.41) is 0.995. The standard InChI is InChI=1S/C15H19NO3/c1-15(2,16)12(8-14(17)18-3)11-9-19-13-7-5-4-6-10(11)13/h4-7,9,12H,8,16H2,1-3H3. The van der Waals surface area contributed by atoms with Crippen molar-refractivity contribution >= 4 is 16.9 Å². The molecule has 1 unspecified atom stereocenters. The fraction of sp³-hybridized carbons (Fsp3) is 0.400. The van der Waals surface area contributed by atoms with Crippen molar-refractivity contribution in [2.75, 3.05) is 7.11 Å². The van der Waals surface area contributed by atoms with Gasteiger partial charge in [-0.2, -0.15) is 0 Å². The molecule has 1 aromatic heterocycles. The minimum absolute atomic E-state index is 0.149. The van der Waals surface area contributed by atoms with Gasteiger partial charge in [0.2, 0.25) is 0 Å². The molecule has 1 heterocycles. The van der Waals surface area contributed by atoms with Crippen molar-refractivity contribution in [3.63, 3.8) is 0 Å². The molecule has 0 radical (unpaired) electrons. The molecule has 102 valence electrons. The van der Waals surface area contributed by atoms with Crippen molar-refractivity contribution in [3.8, 4) is 0 Å². The molecule has 0 amide bonds. The van der Waals surface area contributed by atoms with E-state index in [-0.39, 0.29) is 18.3 Å². The Morgan fingerprint density at radius 2 is 2.11 bits per heavy atom. The monoisotopic (exact) mass is 261 g/mol. The first-order valence-corrected chi connectivity index (χ1v) is 6.25. The third-order valence-corrected chi connectivity index (χ3v) is 3.38. The Morgan fingerprint density at radius 3 is 2.74 bits per heavy atom. The van der Waals surface area contributed by atoms with E-state index in [1.165, 1.54) is 7.11 Å². The van der Waals surface area contributed by atoms with E-state index in [0.29, 0.717) is 0 Å². The Morgan fingerprint density at radius 1 is 1.42 bits per heavy atom. The highest BCUT2D eigenvalue weighted by molar-refractivity contribution is 5.82. The summed E-state index contributed by atoms with van der Waals surface area (Å²) in [6.45, 7) is 3.81. The number of nitrogens with two attached hydrogens (primary N) is 1. The molecule has 0 spiro atoms. The lowest BCUT2D eigenvalue weighted by molar-refractivity contribution is -0.141. The van der Waals surface area contributed by atoms with Crippen LogP contribution in [0.1, 0.15) is 31.7 Å². The lowest BCUT2D eigenvalue weighted by Gasteiger charge is -2.29. The van der Waals surface area contributed by atoms with E-state index < -0.39 is 5.54 Å². The smallest absolute Gasteiger partial charge is 0.306 e. The Labute approximate surface area is 112 Å². The number of para-hydroxylation sites is 1. The highest BCUT2D eigenvalue weighted by Crippen LogP contribution is 2.35. The Balaban J connectivity index is 2.46. The third kappa shape index (κ3) is 2.79. The van der Waals surface area contributed by atoms with Crippen molar-refractivity contribution in [2.24, 2.45) is 5.73 Å². The van der Waals surface area contributed by atoms with Crippen LogP contribution in [0.25, 0.3) is 11.0 Å². The number of rotatable bonds is 4. The molecule has 0 bridgehead atoms. The van der Waals surface area contributed by atoms with Crippen LogP contribution in [0.15, 0.2) is 34.9 Å². The predicted molar refractivity (Wildman–Crippen MR) is 73.9 cm³/mol. The quantitative estimate of drug-likeness (QED) is 0.859. The fourth-order valence-electron chi connectivity index (χ4n) is 2.29. The van der Waals surface area contributed by atoms with Gasteiger partial charge in [0.25, 0.3) is 0 Å². The average Bonchev–Trinajstić information content (AvgIpc) is 2.78. The summed E-state index contributed by atoms with van der Waals surface area (Å²) in [4.78, 5) is 11.6. The first-order valence-electron chi connectivity index (χ1n) is 6.25. The second kappa shape index (κ2) is 5.05. The molecule has 1 atom stereocenters. The highest BCUT2D eigenvalue weighted by atomic mass is 16.5. The van der Waals surface area contributed by atoms with E-state index in [0.717, 1.165) is 16.5 Å².